The van der Waals surface area contributed by atoms with Crippen molar-refractivity contribution in [2.75, 3.05) is 46.1 Å². The SMILES string of the molecule is O=C(NCCOc1ccc(S(=O)(=O)N2CCOCC2)cc1)[C@H]1COc2ccccc2O1. The summed E-state index contributed by atoms with van der Waals surface area (Å²) in [5.41, 5.74) is 0. The molecule has 0 unspecified atom stereocenters. The Kier molecular flexibility index (Phi) is 6.59. The minimum Gasteiger partial charge on any atom is -0.492 e. The van der Waals surface area contributed by atoms with Crippen molar-refractivity contribution in [3.63, 3.8) is 0 Å². The summed E-state index contributed by atoms with van der Waals surface area (Å²) in [4.78, 5) is 12.5. The number of rotatable bonds is 7. The largest absolute Gasteiger partial charge is 0.492 e. The minimum absolute atomic E-state index is 0.142. The van der Waals surface area contributed by atoms with Crippen LogP contribution < -0.4 is 19.5 Å². The van der Waals surface area contributed by atoms with Gasteiger partial charge in [-0.3, -0.25) is 4.79 Å². The molecule has 31 heavy (non-hydrogen) atoms. The molecule has 2 heterocycles. The first-order chi connectivity index (χ1) is 15.0. The van der Waals surface area contributed by atoms with Crippen LogP contribution in [0.25, 0.3) is 0 Å². The van der Waals surface area contributed by atoms with Crippen LogP contribution in [0.5, 0.6) is 17.2 Å². The third-order valence-electron chi connectivity index (χ3n) is 4.90. The lowest BCUT2D eigenvalue weighted by atomic mass is 10.2. The number of carbonyl (C=O) groups is 1. The smallest absolute Gasteiger partial charge is 0.264 e. The molecule has 2 aliphatic heterocycles. The Hall–Kier alpha value is -2.82. The van der Waals surface area contributed by atoms with Gasteiger partial charge in [-0.2, -0.15) is 4.31 Å². The monoisotopic (exact) mass is 448 g/mol. The number of fused-ring (bicyclic) bond motifs is 1. The number of ether oxygens (including phenoxy) is 4. The lowest BCUT2D eigenvalue weighted by Crippen LogP contribution is -2.45. The zero-order chi connectivity index (χ0) is 21.7. The van der Waals surface area contributed by atoms with E-state index in [-0.39, 0.29) is 30.6 Å². The van der Waals surface area contributed by atoms with Gasteiger partial charge in [0.25, 0.3) is 5.91 Å². The Morgan fingerprint density at radius 2 is 1.77 bits per heavy atom. The lowest BCUT2D eigenvalue weighted by molar-refractivity contribution is -0.130. The molecule has 0 bridgehead atoms. The molecule has 1 fully saturated rings. The van der Waals surface area contributed by atoms with Crippen LogP contribution in [0.2, 0.25) is 0 Å². The average molecular weight is 448 g/mol. The number of hydrogen-bond donors (Lipinski definition) is 1. The molecule has 4 rings (SSSR count). The molecule has 166 valence electrons. The van der Waals surface area contributed by atoms with Gasteiger partial charge in [0, 0.05) is 13.1 Å². The molecule has 0 saturated carbocycles. The number of para-hydroxylation sites is 2. The van der Waals surface area contributed by atoms with Crippen molar-refractivity contribution in [3.8, 4) is 17.2 Å². The van der Waals surface area contributed by atoms with E-state index in [4.69, 9.17) is 18.9 Å². The second kappa shape index (κ2) is 9.54. The van der Waals surface area contributed by atoms with E-state index in [0.29, 0.717) is 43.6 Å². The first kappa shape index (κ1) is 21.4. The van der Waals surface area contributed by atoms with Crippen molar-refractivity contribution >= 4 is 15.9 Å². The molecule has 1 saturated heterocycles. The van der Waals surface area contributed by atoms with E-state index >= 15 is 0 Å². The second-order valence-corrected chi connectivity index (χ2v) is 8.93. The van der Waals surface area contributed by atoms with E-state index < -0.39 is 16.1 Å². The van der Waals surface area contributed by atoms with Crippen molar-refractivity contribution in [2.24, 2.45) is 0 Å². The number of benzene rings is 2. The van der Waals surface area contributed by atoms with Gasteiger partial charge in [-0.1, -0.05) is 12.1 Å². The Morgan fingerprint density at radius 3 is 2.52 bits per heavy atom. The average Bonchev–Trinajstić information content (AvgIpc) is 2.82. The lowest BCUT2D eigenvalue weighted by Gasteiger charge is -2.26. The molecule has 0 aromatic heterocycles. The summed E-state index contributed by atoms with van der Waals surface area (Å²) >= 11 is 0. The molecule has 2 aromatic carbocycles. The van der Waals surface area contributed by atoms with E-state index in [1.54, 1.807) is 24.3 Å². The fourth-order valence-electron chi connectivity index (χ4n) is 3.25. The Labute approximate surface area is 180 Å². The number of nitrogens with zero attached hydrogens (tertiary/aromatic N) is 1. The van der Waals surface area contributed by atoms with Crippen LogP contribution in [0, 0.1) is 0 Å². The topological polar surface area (TPSA) is 103 Å². The minimum atomic E-state index is -3.53. The number of nitrogens with one attached hydrogen (secondary N) is 1. The second-order valence-electron chi connectivity index (χ2n) is 6.99. The first-order valence-corrected chi connectivity index (χ1v) is 11.4. The van der Waals surface area contributed by atoms with Crippen LogP contribution in [0.15, 0.2) is 53.4 Å². The molecule has 0 radical (unpaired) electrons. The quantitative estimate of drug-likeness (QED) is 0.632. The molecule has 2 aromatic rings. The van der Waals surface area contributed by atoms with Gasteiger partial charge in [-0.05, 0) is 36.4 Å². The molecule has 9 nitrogen and oxygen atoms in total. The molecular formula is C21H24N2O7S. The highest BCUT2D eigenvalue weighted by Crippen LogP contribution is 2.30. The zero-order valence-corrected chi connectivity index (χ0v) is 17.7. The predicted octanol–water partition coefficient (Wildman–Crippen LogP) is 1.04. The number of morpholine rings is 1. The van der Waals surface area contributed by atoms with E-state index in [9.17, 15) is 13.2 Å². The summed E-state index contributed by atoms with van der Waals surface area (Å²) in [6.07, 6.45) is -0.723. The highest BCUT2D eigenvalue weighted by molar-refractivity contribution is 7.89. The molecule has 1 amide bonds. The van der Waals surface area contributed by atoms with E-state index in [1.807, 2.05) is 12.1 Å². The maximum Gasteiger partial charge on any atom is 0.264 e. The summed E-state index contributed by atoms with van der Waals surface area (Å²) in [6.45, 7) is 2.14. The van der Waals surface area contributed by atoms with Crippen molar-refractivity contribution < 1.29 is 32.2 Å². The number of sulfonamides is 1. The highest BCUT2D eigenvalue weighted by atomic mass is 32.2. The molecule has 1 N–H and O–H groups in total. The van der Waals surface area contributed by atoms with Crippen molar-refractivity contribution in [1.82, 2.24) is 9.62 Å². The third-order valence-corrected chi connectivity index (χ3v) is 6.82. The fraction of sp³-hybridized carbons (Fsp3) is 0.381. The molecule has 2 aliphatic rings. The van der Waals surface area contributed by atoms with Gasteiger partial charge in [0.1, 0.15) is 19.0 Å². The van der Waals surface area contributed by atoms with Crippen molar-refractivity contribution in [3.05, 3.63) is 48.5 Å². The number of amides is 1. The molecule has 10 heteroatoms. The predicted molar refractivity (Wildman–Crippen MR) is 111 cm³/mol. The maximum absolute atomic E-state index is 12.6. The van der Waals surface area contributed by atoms with Crippen LogP contribution in [-0.4, -0.2) is 70.8 Å². The molecule has 0 aliphatic carbocycles. The van der Waals surface area contributed by atoms with Crippen LogP contribution in [0.4, 0.5) is 0 Å². The Balaban J connectivity index is 1.23. The van der Waals surface area contributed by atoms with Gasteiger partial charge >= 0.3 is 0 Å². The maximum atomic E-state index is 12.6. The number of hydrogen-bond acceptors (Lipinski definition) is 7. The summed E-state index contributed by atoms with van der Waals surface area (Å²) in [5.74, 6) is 1.39. The van der Waals surface area contributed by atoms with Crippen LogP contribution in [0.1, 0.15) is 0 Å². The summed E-state index contributed by atoms with van der Waals surface area (Å²) in [5, 5.41) is 2.75. The third kappa shape index (κ3) is 5.09. The summed E-state index contributed by atoms with van der Waals surface area (Å²) in [6, 6.07) is 13.4. The van der Waals surface area contributed by atoms with Gasteiger partial charge in [-0.15, -0.1) is 0 Å². The Morgan fingerprint density at radius 1 is 1.06 bits per heavy atom. The highest BCUT2D eigenvalue weighted by Gasteiger charge is 2.27. The molecule has 1 atom stereocenters. The molecule has 0 spiro atoms. The number of carbonyl (C=O) groups excluding carboxylic acids is 1. The van der Waals surface area contributed by atoms with Gasteiger partial charge in [0.05, 0.1) is 24.7 Å². The Bertz CT molecular complexity index is 1000. The van der Waals surface area contributed by atoms with E-state index in [0.717, 1.165) is 0 Å². The molecular weight excluding hydrogens is 424 g/mol. The van der Waals surface area contributed by atoms with Gasteiger partial charge in [0.2, 0.25) is 16.1 Å². The van der Waals surface area contributed by atoms with E-state index in [1.165, 1.54) is 16.4 Å². The summed E-state index contributed by atoms with van der Waals surface area (Å²) < 4.78 is 48.7. The zero-order valence-electron chi connectivity index (χ0n) is 16.9. The van der Waals surface area contributed by atoms with Crippen LogP contribution >= 0.6 is 0 Å². The summed E-state index contributed by atoms with van der Waals surface area (Å²) in [7, 11) is -3.53. The normalized spacial score (nSPS) is 18.9. The van der Waals surface area contributed by atoms with E-state index in [2.05, 4.69) is 5.32 Å². The first-order valence-electron chi connectivity index (χ1n) is 10.0. The standard InChI is InChI=1S/C21H24N2O7S/c24-21(20-15-29-18-3-1-2-4-19(18)30-20)22-9-12-28-16-5-7-17(8-6-16)31(25,26)23-10-13-27-14-11-23/h1-8,20H,9-15H2,(H,22,24)/t20-/m1/s1. The van der Waals surface area contributed by atoms with Crippen LogP contribution in [0.3, 0.4) is 0 Å². The fourth-order valence-corrected chi connectivity index (χ4v) is 4.66. The van der Waals surface area contributed by atoms with Gasteiger partial charge in [0.15, 0.2) is 11.5 Å². The van der Waals surface area contributed by atoms with Crippen molar-refractivity contribution in [1.29, 1.82) is 0 Å². The van der Waals surface area contributed by atoms with Crippen LogP contribution in [-0.2, 0) is 19.6 Å². The van der Waals surface area contributed by atoms with Gasteiger partial charge in [-0.25, -0.2) is 8.42 Å². The van der Waals surface area contributed by atoms with Gasteiger partial charge < -0.3 is 24.3 Å². The van der Waals surface area contributed by atoms with Crippen molar-refractivity contribution in [2.45, 2.75) is 11.0 Å².